The Labute approximate surface area is 207 Å². The van der Waals surface area contributed by atoms with Crippen molar-refractivity contribution in [2.24, 2.45) is 0 Å². The number of ether oxygens (including phenoxy) is 2. The summed E-state index contributed by atoms with van der Waals surface area (Å²) >= 11 is 1.41. The predicted molar refractivity (Wildman–Crippen MR) is 137 cm³/mol. The fourth-order valence-electron chi connectivity index (χ4n) is 5.16. The topological polar surface area (TPSA) is 83.6 Å². The average molecular weight is 492 g/mol. The summed E-state index contributed by atoms with van der Waals surface area (Å²) in [6.07, 6.45) is 0.919. The predicted octanol–water partition coefficient (Wildman–Crippen LogP) is 4.05. The maximum absolute atomic E-state index is 12.7. The summed E-state index contributed by atoms with van der Waals surface area (Å²) in [5, 5.41) is 2.23. The summed E-state index contributed by atoms with van der Waals surface area (Å²) in [5.74, 6) is 1.42. The first-order chi connectivity index (χ1) is 17.1. The van der Waals surface area contributed by atoms with Gasteiger partial charge in [-0.1, -0.05) is 18.2 Å². The van der Waals surface area contributed by atoms with E-state index >= 15 is 0 Å². The van der Waals surface area contributed by atoms with Crippen molar-refractivity contribution in [1.82, 2.24) is 19.9 Å². The van der Waals surface area contributed by atoms with Gasteiger partial charge in [0.15, 0.2) is 0 Å². The average Bonchev–Trinajstić information content (AvgIpc) is 3.41. The first-order valence-corrected chi connectivity index (χ1v) is 13.0. The highest BCUT2D eigenvalue weighted by molar-refractivity contribution is 7.20. The van der Waals surface area contributed by atoms with E-state index in [1.807, 2.05) is 13.8 Å². The molecular weight excluding hydrogens is 462 g/mol. The maximum atomic E-state index is 12.7. The number of aromatic nitrogens is 3. The van der Waals surface area contributed by atoms with E-state index < -0.39 is 0 Å². The van der Waals surface area contributed by atoms with E-state index in [2.05, 4.69) is 39.0 Å². The molecule has 1 saturated heterocycles. The number of rotatable bonds is 5. The molecular formula is C26H29N5O3S. The lowest BCUT2D eigenvalue weighted by molar-refractivity contribution is 0.0331. The van der Waals surface area contributed by atoms with Gasteiger partial charge in [0, 0.05) is 54.8 Å². The van der Waals surface area contributed by atoms with Gasteiger partial charge >= 0.3 is 5.97 Å². The molecule has 35 heavy (non-hydrogen) atoms. The number of aryl methyl sites for hydroxylation is 1. The van der Waals surface area contributed by atoms with Gasteiger partial charge in [0.2, 0.25) is 0 Å². The van der Waals surface area contributed by atoms with Crippen LogP contribution in [-0.2, 0) is 29.0 Å². The molecule has 1 aromatic carbocycles. The number of fused-ring (bicyclic) bond motifs is 4. The van der Waals surface area contributed by atoms with Gasteiger partial charge in [0.1, 0.15) is 21.3 Å². The number of aromatic amines is 1. The third kappa shape index (κ3) is 4.07. The van der Waals surface area contributed by atoms with Gasteiger partial charge in [-0.15, -0.1) is 11.3 Å². The van der Waals surface area contributed by atoms with Gasteiger partial charge in [0.25, 0.3) is 0 Å². The molecule has 3 aromatic heterocycles. The molecule has 0 unspecified atom stereocenters. The second kappa shape index (κ2) is 9.22. The molecule has 8 nitrogen and oxygen atoms in total. The van der Waals surface area contributed by atoms with Gasteiger partial charge in [-0.3, -0.25) is 4.90 Å². The lowest BCUT2D eigenvalue weighted by Gasteiger charge is -2.30. The Balaban J connectivity index is 1.44. The molecule has 0 amide bonds. The Kier molecular flexibility index (Phi) is 5.91. The Morgan fingerprint density at radius 3 is 2.86 bits per heavy atom. The summed E-state index contributed by atoms with van der Waals surface area (Å²) in [4.78, 5) is 32.5. The van der Waals surface area contributed by atoms with Crippen LogP contribution in [0.4, 0.5) is 5.82 Å². The van der Waals surface area contributed by atoms with E-state index in [0.717, 1.165) is 73.2 Å². The zero-order valence-corrected chi connectivity index (χ0v) is 20.9. The summed E-state index contributed by atoms with van der Waals surface area (Å²) < 4.78 is 10.9. The molecule has 2 aliphatic rings. The summed E-state index contributed by atoms with van der Waals surface area (Å²) in [7, 11) is 0. The maximum Gasteiger partial charge on any atom is 0.348 e. The van der Waals surface area contributed by atoms with Gasteiger partial charge in [-0.25, -0.2) is 14.8 Å². The number of anilines is 1. The van der Waals surface area contributed by atoms with Crippen molar-refractivity contribution in [3.8, 4) is 0 Å². The van der Waals surface area contributed by atoms with Crippen LogP contribution in [0.15, 0.2) is 24.3 Å². The fourth-order valence-corrected chi connectivity index (χ4v) is 6.25. The standard InChI is InChI=1S/C26H29N5O3S/c1-3-34-26(32)23-16(2)22-24(28-21(29-25(22)35-23)15-30-10-12-33-13-11-30)31-9-8-20-18(14-31)17-6-4-5-7-19(17)27-20/h4-7,27H,3,8-15H2,1-2H3. The van der Waals surface area contributed by atoms with E-state index in [0.29, 0.717) is 18.0 Å². The van der Waals surface area contributed by atoms with E-state index in [-0.39, 0.29) is 5.97 Å². The third-order valence-corrected chi connectivity index (χ3v) is 8.09. The number of H-pyrrole nitrogens is 1. The second-order valence-electron chi connectivity index (χ2n) is 9.11. The van der Waals surface area contributed by atoms with Crippen molar-refractivity contribution in [3.05, 3.63) is 51.8 Å². The minimum atomic E-state index is -0.286. The molecule has 182 valence electrons. The number of nitrogens with one attached hydrogen (secondary N) is 1. The van der Waals surface area contributed by atoms with E-state index in [9.17, 15) is 4.79 Å². The number of hydrogen-bond donors (Lipinski definition) is 1. The number of carbonyl (C=O) groups excluding carboxylic acids is 1. The Hall–Kier alpha value is -3.01. The molecule has 9 heteroatoms. The van der Waals surface area contributed by atoms with Crippen molar-refractivity contribution in [1.29, 1.82) is 0 Å². The summed E-state index contributed by atoms with van der Waals surface area (Å²) in [5.41, 5.74) is 4.71. The Bertz CT molecular complexity index is 1410. The highest BCUT2D eigenvalue weighted by Crippen LogP contribution is 2.38. The quantitative estimate of drug-likeness (QED) is 0.422. The van der Waals surface area contributed by atoms with Crippen molar-refractivity contribution < 1.29 is 14.3 Å². The highest BCUT2D eigenvalue weighted by Gasteiger charge is 2.28. The molecule has 0 saturated carbocycles. The fraction of sp³-hybridized carbons (Fsp3) is 0.423. The van der Waals surface area contributed by atoms with Crippen LogP contribution in [0.1, 0.15) is 39.2 Å². The largest absolute Gasteiger partial charge is 0.462 e. The van der Waals surface area contributed by atoms with E-state index in [1.165, 1.54) is 33.5 Å². The number of para-hydroxylation sites is 1. The first-order valence-electron chi connectivity index (χ1n) is 12.2. The van der Waals surface area contributed by atoms with E-state index in [4.69, 9.17) is 19.4 Å². The number of benzene rings is 1. The number of esters is 1. The molecule has 4 aromatic rings. The summed E-state index contributed by atoms with van der Waals surface area (Å²) in [6, 6.07) is 8.48. The molecule has 0 bridgehead atoms. The van der Waals surface area contributed by atoms with Gasteiger partial charge < -0.3 is 19.4 Å². The SMILES string of the molecule is CCOC(=O)c1sc2nc(CN3CCOCC3)nc(N3CCc4[nH]c5ccccc5c4C3)c2c1C. The second-order valence-corrected chi connectivity index (χ2v) is 10.1. The van der Waals surface area contributed by atoms with Gasteiger partial charge in [-0.05, 0) is 25.5 Å². The summed E-state index contributed by atoms with van der Waals surface area (Å²) in [6.45, 7) is 9.67. The first kappa shape index (κ1) is 22.5. The van der Waals surface area contributed by atoms with Crippen molar-refractivity contribution in [2.45, 2.75) is 33.4 Å². The number of morpholine rings is 1. The van der Waals surface area contributed by atoms with Gasteiger partial charge in [-0.2, -0.15) is 0 Å². The molecule has 2 aliphatic heterocycles. The van der Waals surface area contributed by atoms with Crippen LogP contribution in [0.5, 0.6) is 0 Å². The van der Waals surface area contributed by atoms with Crippen LogP contribution in [-0.4, -0.2) is 65.3 Å². The zero-order chi connectivity index (χ0) is 23.9. The van der Waals surface area contributed by atoms with Crippen LogP contribution in [0, 0.1) is 6.92 Å². The molecule has 6 rings (SSSR count). The zero-order valence-electron chi connectivity index (χ0n) is 20.1. The van der Waals surface area contributed by atoms with Crippen LogP contribution in [0.3, 0.4) is 0 Å². The Morgan fingerprint density at radius 1 is 1.20 bits per heavy atom. The molecule has 0 aliphatic carbocycles. The normalized spacial score (nSPS) is 16.7. The molecule has 1 N–H and O–H groups in total. The smallest absolute Gasteiger partial charge is 0.348 e. The monoisotopic (exact) mass is 491 g/mol. The number of nitrogens with zero attached hydrogens (tertiary/aromatic N) is 4. The van der Waals surface area contributed by atoms with E-state index in [1.54, 1.807) is 0 Å². The van der Waals surface area contributed by atoms with Crippen molar-refractivity contribution in [2.75, 3.05) is 44.4 Å². The number of thiophene rings is 1. The highest BCUT2D eigenvalue weighted by atomic mass is 32.1. The lowest BCUT2D eigenvalue weighted by atomic mass is 10.0. The third-order valence-electron chi connectivity index (χ3n) is 6.93. The van der Waals surface area contributed by atoms with Crippen LogP contribution >= 0.6 is 11.3 Å². The lowest BCUT2D eigenvalue weighted by Crippen LogP contribution is -2.36. The van der Waals surface area contributed by atoms with Crippen LogP contribution < -0.4 is 4.90 Å². The Morgan fingerprint density at radius 2 is 2.03 bits per heavy atom. The molecule has 1 fully saturated rings. The molecule has 5 heterocycles. The minimum absolute atomic E-state index is 0.286. The number of hydrogen-bond acceptors (Lipinski definition) is 8. The molecule has 0 radical (unpaired) electrons. The molecule has 0 spiro atoms. The minimum Gasteiger partial charge on any atom is -0.462 e. The molecule has 0 atom stereocenters. The number of carbonyl (C=O) groups is 1. The van der Waals surface area contributed by atoms with Gasteiger partial charge in [0.05, 0.1) is 31.8 Å². The van der Waals surface area contributed by atoms with Crippen molar-refractivity contribution >= 4 is 44.2 Å². The van der Waals surface area contributed by atoms with Crippen molar-refractivity contribution in [3.63, 3.8) is 0 Å². The van der Waals surface area contributed by atoms with Crippen LogP contribution in [0.2, 0.25) is 0 Å². The van der Waals surface area contributed by atoms with Crippen LogP contribution in [0.25, 0.3) is 21.1 Å².